The number of aromatic nitrogens is 1. The number of thiazole rings is 1. The molecular weight excluding hydrogens is 448 g/mol. The van der Waals surface area contributed by atoms with Crippen LogP contribution in [0.15, 0.2) is 66.2 Å². The number of hydrogen-bond donors (Lipinski definition) is 2. The second kappa shape index (κ2) is 8.11. The first-order valence-electron chi connectivity index (χ1n) is 10.8. The molecule has 1 aromatic heterocycles. The Balaban J connectivity index is 1.77. The first-order chi connectivity index (χ1) is 16.2. The number of aromatic hydroxyl groups is 1. The van der Waals surface area contributed by atoms with Crippen LogP contribution in [0.1, 0.15) is 33.9 Å². The van der Waals surface area contributed by atoms with Crippen LogP contribution in [0.4, 0.5) is 5.13 Å². The van der Waals surface area contributed by atoms with Crippen LogP contribution in [0.5, 0.6) is 5.75 Å². The zero-order valence-electron chi connectivity index (χ0n) is 18.9. The minimum absolute atomic E-state index is 0.00486. The largest absolute Gasteiger partial charge is 0.508 e. The van der Waals surface area contributed by atoms with Crippen LogP contribution in [0.2, 0.25) is 0 Å². The molecule has 7 heteroatoms. The maximum atomic E-state index is 13.4. The average Bonchev–Trinajstić information content (AvgIpc) is 3.33. The lowest BCUT2D eigenvalue weighted by molar-refractivity contribution is -0.132. The van der Waals surface area contributed by atoms with Crippen molar-refractivity contribution < 1.29 is 19.8 Å². The highest BCUT2D eigenvalue weighted by molar-refractivity contribution is 7.22. The fourth-order valence-corrected chi connectivity index (χ4v) is 5.39. The van der Waals surface area contributed by atoms with E-state index in [1.807, 2.05) is 51.1 Å². The molecule has 6 nitrogen and oxygen atoms in total. The van der Waals surface area contributed by atoms with Gasteiger partial charge >= 0.3 is 5.91 Å². The highest BCUT2D eigenvalue weighted by atomic mass is 32.1. The van der Waals surface area contributed by atoms with E-state index in [9.17, 15) is 19.8 Å². The van der Waals surface area contributed by atoms with Crippen LogP contribution >= 0.6 is 11.3 Å². The minimum Gasteiger partial charge on any atom is -0.508 e. The van der Waals surface area contributed by atoms with E-state index < -0.39 is 17.7 Å². The molecular formula is C27H22N2O4S. The molecule has 0 bridgehead atoms. The molecule has 3 aromatic carbocycles. The Labute approximate surface area is 200 Å². The fourth-order valence-electron chi connectivity index (χ4n) is 4.30. The van der Waals surface area contributed by atoms with Crippen molar-refractivity contribution >= 4 is 44.1 Å². The van der Waals surface area contributed by atoms with Crippen molar-refractivity contribution in [2.24, 2.45) is 0 Å². The Morgan fingerprint density at radius 1 is 0.971 bits per heavy atom. The number of anilines is 1. The number of amides is 1. The predicted molar refractivity (Wildman–Crippen MR) is 133 cm³/mol. The van der Waals surface area contributed by atoms with Gasteiger partial charge in [0.25, 0.3) is 5.78 Å². The molecule has 170 valence electrons. The third kappa shape index (κ3) is 3.54. The van der Waals surface area contributed by atoms with Crippen LogP contribution in [0, 0.1) is 20.8 Å². The van der Waals surface area contributed by atoms with Crippen molar-refractivity contribution in [1.29, 1.82) is 0 Å². The summed E-state index contributed by atoms with van der Waals surface area (Å²) >= 11 is 1.31. The van der Waals surface area contributed by atoms with Crippen molar-refractivity contribution in [1.82, 2.24) is 4.98 Å². The summed E-state index contributed by atoms with van der Waals surface area (Å²) < 4.78 is 0.890. The third-order valence-corrected chi connectivity index (χ3v) is 7.03. The summed E-state index contributed by atoms with van der Waals surface area (Å²) in [5.41, 5.74) is 4.43. The molecule has 1 amide bonds. The van der Waals surface area contributed by atoms with E-state index in [0.717, 1.165) is 26.9 Å². The SMILES string of the molecule is Cc1ccc(C)c(C(O)=C2C(=O)C(=O)N(c3nc4ccc(C)cc4s3)C2c2cccc(O)c2)c1. The number of rotatable bonds is 3. The molecule has 5 rings (SSSR count). The summed E-state index contributed by atoms with van der Waals surface area (Å²) in [6.45, 7) is 5.70. The number of aliphatic hydroxyl groups is 1. The van der Waals surface area contributed by atoms with Crippen molar-refractivity contribution in [2.75, 3.05) is 4.90 Å². The predicted octanol–water partition coefficient (Wildman–Crippen LogP) is 5.55. The Bertz CT molecular complexity index is 1520. The van der Waals surface area contributed by atoms with Crippen LogP contribution < -0.4 is 4.90 Å². The zero-order valence-corrected chi connectivity index (χ0v) is 19.7. The molecule has 2 heterocycles. The summed E-state index contributed by atoms with van der Waals surface area (Å²) in [5, 5.41) is 21.9. The highest BCUT2D eigenvalue weighted by Crippen LogP contribution is 2.45. The Hall–Kier alpha value is -3.97. The summed E-state index contributed by atoms with van der Waals surface area (Å²) in [7, 11) is 0. The molecule has 1 atom stereocenters. The molecule has 1 unspecified atom stereocenters. The van der Waals surface area contributed by atoms with Gasteiger partial charge in [-0.05, 0) is 67.8 Å². The molecule has 0 radical (unpaired) electrons. The first kappa shape index (κ1) is 21.9. The highest BCUT2D eigenvalue weighted by Gasteiger charge is 2.48. The van der Waals surface area contributed by atoms with Gasteiger partial charge in [0.2, 0.25) is 0 Å². The minimum atomic E-state index is -0.936. The number of hydrogen-bond acceptors (Lipinski definition) is 6. The van der Waals surface area contributed by atoms with Gasteiger partial charge < -0.3 is 10.2 Å². The number of benzene rings is 3. The van der Waals surface area contributed by atoms with Gasteiger partial charge in [0.1, 0.15) is 11.5 Å². The van der Waals surface area contributed by atoms with Crippen LogP contribution in [0.25, 0.3) is 16.0 Å². The van der Waals surface area contributed by atoms with Crippen LogP contribution in [0.3, 0.4) is 0 Å². The molecule has 34 heavy (non-hydrogen) atoms. The number of Topliss-reactive ketones (excluding diaryl/α,β-unsaturated/α-hetero) is 1. The standard InChI is InChI=1S/C27H22N2O4S/c1-14-7-9-16(3)19(11-14)24(31)22-23(17-5-4-6-18(30)13-17)29(26(33)25(22)32)27-28-20-10-8-15(2)12-21(20)34-27/h4-13,23,30-31H,1-3H3. The maximum absolute atomic E-state index is 13.4. The lowest BCUT2D eigenvalue weighted by Gasteiger charge is -2.23. The number of aliphatic hydroxyl groups excluding tert-OH is 1. The molecule has 1 fully saturated rings. The number of carbonyl (C=O) groups excluding carboxylic acids is 2. The number of aryl methyl sites for hydroxylation is 3. The zero-order chi connectivity index (χ0) is 24.1. The van der Waals surface area contributed by atoms with Gasteiger partial charge in [-0.1, -0.05) is 47.2 Å². The van der Waals surface area contributed by atoms with E-state index in [0.29, 0.717) is 16.3 Å². The molecule has 2 N–H and O–H groups in total. The van der Waals surface area contributed by atoms with E-state index in [2.05, 4.69) is 4.98 Å². The molecule has 0 aliphatic carbocycles. The molecule has 1 saturated heterocycles. The molecule has 1 aliphatic heterocycles. The third-order valence-electron chi connectivity index (χ3n) is 6.02. The van der Waals surface area contributed by atoms with Gasteiger partial charge in [-0.2, -0.15) is 0 Å². The first-order valence-corrected chi connectivity index (χ1v) is 11.6. The van der Waals surface area contributed by atoms with E-state index in [-0.39, 0.29) is 17.1 Å². The molecule has 4 aromatic rings. The number of nitrogens with zero attached hydrogens (tertiary/aromatic N) is 2. The van der Waals surface area contributed by atoms with Crippen molar-refractivity contribution in [3.63, 3.8) is 0 Å². The number of ketones is 1. The quantitative estimate of drug-likeness (QED) is 0.233. The number of phenols is 1. The Kier molecular flexibility index (Phi) is 5.21. The normalized spacial score (nSPS) is 17.6. The number of fused-ring (bicyclic) bond motifs is 1. The summed E-state index contributed by atoms with van der Waals surface area (Å²) in [5.74, 6) is -1.81. The van der Waals surface area contributed by atoms with Crippen molar-refractivity contribution in [2.45, 2.75) is 26.8 Å². The van der Waals surface area contributed by atoms with Crippen LogP contribution in [-0.4, -0.2) is 26.9 Å². The monoisotopic (exact) mass is 470 g/mol. The Morgan fingerprint density at radius 3 is 2.47 bits per heavy atom. The Morgan fingerprint density at radius 2 is 1.71 bits per heavy atom. The second-order valence-corrected chi connectivity index (χ2v) is 9.56. The summed E-state index contributed by atoms with van der Waals surface area (Å²) in [6, 6.07) is 16.8. The fraction of sp³-hybridized carbons (Fsp3) is 0.148. The lowest BCUT2D eigenvalue weighted by Crippen LogP contribution is -2.29. The lowest BCUT2D eigenvalue weighted by atomic mass is 9.93. The van der Waals surface area contributed by atoms with Crippen molar-refractivity contribution in [3.8, 4) is 5.75 Å². The van der Waals surface area contributed by atoms with Gasteiger partial charge in [0, 0.05) is 5.56 Å². The van der Waals surface area contributed by atoms with Gasteiger partial charge in [0.05, 0.1) is 21.8 Å². The van der Waals surface area contributed by atoms with Gasteiger partial charge in [-0.25, -0.2) is 4.98 Å². The smallest absolute Gasteiger partial charge is 0.301 e. The van der Waals surface area contributed by atoms with Crippen molar-refractivity contribution in [3.05, 3.63) is 94.1 Å². The van der Waals surface area contributed by atoms with Gasteiger partial charge in [-0.3, -0.25) is 14.5 Å². The second-order valence-electron chi connectivity index (χ2n) is 8.55. The van der Waals surface area contributed by atoms with E-state index >= 15 is 0 Å². The van der Waals surface area contributed by atoms with Crippen LogP contribution in [-0.2, 0) is 9.59 Å². The average molecular weight is 471 g/mol. The molecule has 0 spiro atoms. The number of phenolic OH excluding ortho intramolecular Hbond substituents is 1. The van der Waals surface area contributed by atoms with E-state index in [1.54, 1.807) is 18.2 Å². The van der Waals surface area contributed by atoms with Gasteiger partial charge in [0.15, 0.2) is 5.13 Å². The maximum Gasteiger partial charge on any atom is 0.301 e. The van der Waals surface area contributed by atoms with Gasteiger partial charge in [-0.15, -0.1) is 0 Å². The number of carbonyl (C=O) groups is 2. The summed E-state index contributed by atoms with van der Waals surface area (Å²) in [6.07, 6.45) is 0. The molecule has 1 aliphatic rings. The van der Waals surface area contributed by atoms with E-state index in [1.165, 1.54) is 28.4 Å². The van der Waals surface area contributed by atoms with E-state index in [4.69, 9.17) is 0 Å². The molecule has 0 saturated carbocycles. The summed E-state index contributed by atoms with van der Waals surface area (Å²) in [4.78, 5) is 32.6. The topological polar surface area (TPSA) is 90.7 Å².